The van der Waals surface area contributed by atoms with E-state index in [2.05, 4.69) is 13.0 Å². The van der Waals surface area contributed by atoms with Gasteiger partial charge >= 0.3 is 0 Å². The van der Waals surface area contributed by atoms with Crippen molar-refractivity contribution in [2.75, 3.05) is 0 Å². The van der Waals surface area contributed by atoms with Gasteiger partial charge in [0.15, 0.2) is 0 Å². The van der Waals surface area contributed by atoms with Crippen LogP contribution < -0.4 is 10.2 Å². The molecular formula is C14H21BO. The topological polar surface area (TPSA) is 9.23 Å². The highest BCUT2D eigenvalue weighted by Gasteiger charge is 2.12. The molecule has 2 heteroatoms. The highest BCUT2D eigenvalue weighted by molar-refractivity contribution is 6.34. The normalized spacial score (nSPS) is 11.5. The second-order valence-electron chi connectivity index (χ2n) is 5.19. The summed E-state index contributed by atoms with van der Waals surface area (Å²) >= 11 is 0. The van der Waals surface area contributed by atoms with Crippen LogP contribution in [0.25, 0.3) is 0 Å². The molecule has 0 saturated carbocycles. The lowest BCUT2D eigenvalue weighted by Crippen LogP contribution is -2.26. The zero-order valence-electron chi connectivity index (χ0n) is 10.8. The first kappa shape index (κ1) is 13.2. The highest BCUT2D eigenvalue weighted by Crippen LogP contribution is 2.16. The van der Waals surface area contributed by atoms with Crippen LogP contribution in [0.5, 0.6) is 5.75 Å². The maximum atomic E-state index is 5.98. The number of hydrogen-bond acceptors (Lipinski definition) is 1. The molecule has 0 fully saturated rings. The molecule has 0 bridgehead atoms. The number of ether oxygens (including phenoxy) is 1. The SMILES string of the molecule is [B]c1cc(CCCC)ccc1OC(C)(C)C. The molecule has 2 radical (unpaired) electrons. The lowest BCUT2D eigenvalue weighted by Gasteiger charge is -2.23. The Morgan fingerprint density at radius 2 is 1.94 bits per heavy atom. The fraction of sp³-hybridized carbons (Fsp3) is 0.571. The third-order valence-corrected chi connectivity index (χ3v) is 2.31. The van der Waals surface area contributed by atoms with E-state index in [1.807, 2.05) is 32.9 Å². The molecule has 0 aliphatic rings. The van der Waals surface area contributed by atoms with Gasteiger partial charge in [0.1, 0.15) is 19.2 Å². The predicted octanol–water partition coefficient (Wildman–Crippen LogP) is 3.00. The van der Waals surface area contributed by atoms with Crippen molar-refractivity contribution in [2.24, 2.45) is 0 Å². The molecule has 1 rings (SSSR count). The average Bonchev–Trinajstić information content (AvgIpc) is 2.17. The van der Waals surface area contributed by atoms with E-state index in [1.54, 1.807) is 0 Å². The van der Waals surface area contributed by atoms with E-state index in [-0.39, 0.29) is 5.60 Å². The first-order valence-electron chi connectivity index (χ1n) is 6.00. The molecule has 0 saturated heterocycles. The second kappa shape index (κ2) is 5.42. The largest absolute Gasteiger partial charge is 0.489 e. The number of unbranched alkanes of at least 4 members (excludes halogenated alkanes) is 1. The van der Waals surface area contributed by atoms with Gasteiger partial charge in [-0.3, -0.25) is 0 Å². The van der Waals surface area contributed by atoms with Crippen LogP contribution in [0.3, 0.4) is 0 Å². The minimum absolute atomic E-state index is 0.195. The summed E-state index contributed by atoms with van der Waals surface area (Å²) in [4.78, 5) is 0. The van der Waals surface area contributed by atoms with Crippen molar-refractivity contribution < 1.29 is 4.74 Å². The van der Waals surface area contributed by atoms with Crippen LogP contribution in [0.4, 0.5) is 0 Å². The number of aryl methyl sites for hydroxylation is 1. The maximum Gasteiger partial charge on any atom is 0.119 e. The number of rotatable bonds is 4. The van der Waals surface area contributed by atoms with Crippen molar-refractivity contribution in [1.29, 1.82) is 0 Å². The van der Waals surface area contributed by atoms with E-state index < -0.39 is 0 Å². The quantitative estimate of drug-likeness (QED) is 0.703. The summed E-state index contributed by atoms with van der Waals surface area (Å²) in [6.07, 6.45) is 3.51. The van der Waals surface area contributed by atoms with Crippen LogP contribution in [-0.2, 0) is 6.42 Å². The number of hydrogen-bond donors (Lipinski definition) is 0. The molecule has 0 unspecified atom stereocenters. The minimum atomic E-state index is -0.195. The molecular weight excluding hydrogens is 195 g/mol. The molecule has 0 heterocycles. The molecule has 0 aliphatic carbocycles. The van der Waals surface area contributed by atoms with Crippen molar-refractivity contribution in [3.63, 3.8) is 0 Å². The van der Waals surface area contributed by atoms with E-state index in [4.69, 9.17) is 12.6 Å². The van der Waals surface area contributed by atoms with E-state index in [0.29, 0.717) is 0 Å². The van der Waals surface area contributed by atoms with E-state index >= 15 is 0 Å². The van der Waals surface area contributed by atoms with Crippen molar-refractivity contribution in [1.82, 2.24) is 0 Å². The smallest absolute Gasteiger partial charge is 0.119 e. The van der Waals surface area contributed by atoms with Crippen LogP contribution >= 0.6 is 0 Å². The van der Waals surface area contributed by atoms with E-state index in [0.717, 1.165) is 17.6 Å². The summed E-state index contributed by atoms with van der Waals surface area (Å²) in [6, 6.07) is 6.11. The molecule has 0 N–H and O–H groups in total. The second-order valence-corrected chi connectivity index (χ2v) is 5.19. The van der Waals surface area contributed by atoms with Gasteiger partial charge in [0.25, 0.3) is 0 Å². The van der Waals surface area contributed by atoms with Gasteiger partial charge in [-0.1, -0.05) is 30.9 Å². The van der Waals surface area contributed by atoms with Crippen molar-refractivity contribution in [3.05, 3.63) is 23.8 Å². The van der Waals surface area contributed by atoms with Crippen LogP contribution in [0, 0.1) is 0 Å². The molecule has 1 nitrogen and oxygen atoms in total. The lowest BCUT2D eigenvalue weighted by atomic mass is 9.91. The summed E-state index contributed by atoms with van der Waals surface area (Å²) in [5, 5.41) is 0. The number of benzene rings is 1. The van der Waals surface area contributed by atoms with Crippen LogP contribution in [0.2, 0.25) is 0 Å². The summed E-state index contributed by atoms with van der Waals surface area (Å²) in [5.74, 6) is 0.785. The summed E-state index contributed by atoms with van der Waals surface area (Å²) in [7, 11) is 5.98. The van der Waals surface area contributed by atoms with Crippen molar-refractivity contribution in [2.45, 2.75) is 52.6 Å². The average molecular weight is 216 g/mol. The molecule has 0 amide bonds. The summed E-state index contributed by atoms with van der Waals surface area (Å²) < 4.78 is 5.77. The first-order valence-corrected chi connectivity index (χ1v) is 6.00. The lowest BCUT2D eigenvalue weighted by molar-refractivity contribution is 0.132. The molecule has 1 aromatic carbocycles. The molecule has 1 aromatic rings. The van der Waals surface area contributed by atoms with Crippen LogP contribution in [0.15, 0.2) is 18.2 Å². The molecule has 0 aliphatic heterocycles. The van der Waals surface area contributed by atoms with Gasteiger partial charge in [-0.25, -0.2) is 0 Å². The van der Waals surface area contributed by atoms with Gasteiger partial charge in [-0.05, 0) is 45.2 Å². The minimum Gasteiger partial charge on any atom is -0.489 e. The van der Waals surface area contributed by atoms with Crippen LogP contribution in [-0.4, -0.2) is 13.4 Å². The fourth-order valence-corrected chi connectivity index (χ4v) is 1.56. The molecule has 0 aromatic heterocycles. The van der Waals surface area contributed by atoms with Gasteiger partial charge in [-0.15, -0.1) is 0 Å². The standard InChI is InChI=1S/C14H21BO/c1-5-6-7-11-8-9-13(12(15)10-11)16-14(2,3)4/h8-10H,5-7H2,1-4H3. The zero-order chi connectivity index (χ0) is 12.2. The van der Waals surface area contributed by atoms with Crippen molar-refractivity contribution in [3.8, 4) is 5.75 Å². The fourth-order valence-electron chi connectivity index (χ4n) is 1.56. The predicted molar refractivity (Wildman–Crippen MR) is 70.8 cm³/mol. The van der Waals surface area contributed by atoms with E-state index in [9.17, 15) is 0 Å². The Morgan fingerprint density at radius 1 is 1.25 bits per heavy atom. The van der Waals surface area contributed by atoms with Gasteiger partial charge in [0, 0.05) is 0 Å². The Labute approximate surface area is 101 Å². The Hall–Kier alpha value is -0.915. The third kappa shape index (κ3) is 4.30. The van der Waals surface area contributed by atoms with Gasteiger partial charge < -0.3 is 4.74 Å². The molecule has 16 heavy (non-hydrogen) atoms. The Kier molecular flexibility index (Phi) is 4.46. The van der Waals surface area contributed by atoms with Crippen molar-refractivity contribution >= 4 is 13.3 Å². The zero-order valence-corrected chi connectivity index (χ0v) is 10.8. The summed E-state index contributed by atoms with van der Waals surface area (Å²) in [6.45, 7) is 8.27. The Morgan fingerprint density at radius 3 is 2.44 bits per heavy atom. The van der Waals surface area contributed by atoms with Gasteiger partial charge in [0.05, 0.1) is 0 Å². The Bertz CT molecular complexity index is 339. The van der Waals surface area contributed by atoms with Gasteiger partial charge in [0.2, 0.25) is 0 Å². The monoisotopic (exact) mass is 216 g/mol. The Balaban J connectivity index is 2.75. The van der Waals surface area contributed by atoms with E-state index in [1.165, 1.54) is 18.4 Å². The maximum absolute atomic E-state index is 5.98. The molecule has 0 spiro atoms. The summed E-state index contributed by atoms with van der Waals surface area (Å²) in [5.41, 5.74) is 1.84. The van der Waals surface area contributed by atoms with Crippen LogP contribution in [0.1, 0.15) is 46.1 Å². The van der Waals surface area contributed by atoms with Gasteiger partial charge in [-0.2, -0.15) is 0 Å². The first-order chi connectivity index (χ1) is 7.42. The molecule has 86 valence electrons. The molecule has 0 atom stereocenters. The third-order valence-electron chi connectivity index (χ3n) is 2.31. The highest BCUT2D eigenvalue weighted by atomic mass is 16.5.